The van der Waals surface area contributed by atoms with Gasteiger partial charge in [0, 0.05) is 55.4 Å². The smallest absolute Gasteiger partial charge is 0.322 e. The van der Waals surface area contributed by atoms with Crippen molar-refractivity contribution in [2.24, 2.45) is 7.05 Å². The van der Waals surface area contributed by atoms with Crippen molar-refractivity contribution in [1.82, 2.24) is 19.6 Å². The monoisotopic (exact) mass is 411 g/mol. The normalized spacial score (nSPS) is 15.2. The number of carbonyl (C=O) groups excluding carboxylic acids is 1. The van der Waals surface area contributed by atoms with Crippen LogP contribution in [0.2, 0.25) is 10.0 Å². The summed E-state index contributed by atoms with van der Waals surface area (Å²) in [5.41, 5.74) is 0.877. The SMILES string of the molecule is Cc1c([N+](=O)[O-])c(C(=O)N2CCN(Cc3c(Cl)cccc3Cl)CC2)nn1C. The number of rotatable bonds is 4. The lowest BCUT2D eigenvalue weighted by atomic mass is 10.2. The van der Waals surface area contributed by atoms with Crippen LogP contribution in [0.5, 0.6) is 0 Å². The summed E-state index contributed by atoms with van der Waals surface area (Å²) in [5.74, 6) is -0.416. The first-order valence-corrected chi connectivity index (χ1v) is 9.17. The van der Waals surface area contributed by atoms with Crippen molar-refractivity contribution in [1.29, 1.82) is 0 Å². The van der Waals surface area contributed by atoms with Crippen LogP contribution in [0, 0.1) is 17.0 Å². The van der Waals surface area contributed by atoms with Crippen molar-refractivity contribution in [2.45, 2.75) is 13.5 Å². The molecule has 0 unspecified atom stereocenters. The van der Waals surface area contributed by atoms with Crippen LogP contribution in [0.3, 0.4) is 0 Å². The zero-order valence-electron chi connectivity index (χ0n) is 15.0. The molecule has 0 spiro atoms. The van der Waals surface area contributed by atoms with Gasteiger partial charge in [0.05, 0.1) is 4.92 Å². The summed E-state index contributed by atoms with van der Waals surface area (Å²) in [6.07, 6.45) is 0. The lowest BCUT2D eigenvalue weighted by Gasteiger charge is -2.34. The molecule has 2 aromatic rings. The van der Waals surface area contributed by atoms with Crippen LogP contribution in [0.15, 0.2) is 18.2 Å². The Labute approximate surface area is 166 Å². The average molecular weight is 412 g/mol. The number of carbonyl (C=O) groups is 1. The van der Waals surface area contributed by atoms with Crippen LogP contribution in [0.4, 0.5) is 5.69 Å². The van der Waals surface area contributed by atoms with E-state index in [2.05, 4.69) is 10.00 Å². The molecule has 27 heavy (non-hydrogen) atoms. The van der Waals surface area contributed by atoms with Crippen molar-refractivity contribution in [2.75, 3.05) is 26.2 Å². The largest absolute Gasteiger partial charge is 0.334 e. The Balaban J connectivity index is 1.68. The minimum Gasteiger partial charge on any atom is -0.334 e. The van der Waals surface area contributed by atoms with Gasteiger partial charge in [-0.05, 0) is 19.1 Å². The van der Waals surface area contributed by atoms with E-state index in [4.69, 9.17) is 23.2 Å². The molecule has 1 amide bonds. The topological polar surface area (TPSA) is 84.5 Å². The Morgan fingerprint density at radius 1 is 1.22 bits per heavy atom. The summed E-state index contributed by atoms with van der Waals surface area (Å²) in [7, 11) is 1.59. The van der Waals surface area contributed by atoms with Gasteiger partial charge in [-0.15, -0.1) is 0 Å². The third kappa shape index (κ3) is 3.92. The maximum atomic E-state index is 12.7. The molecule has 1 fully saturated rings. The third-order valence-corrected chi connectivity index (χ3v) is 5.50. The van der Waals surface area contributed by atoms with Crippen LogP contribution in [0.1, 0.15) is 21.7 Å². The van der Waals surface area contributed by atoms with Crippen LogP contribution in [0.25, 0.3) is 0 Å². The average Bonchev–Trinajstić information content (AvgIpc) is 2.93. The van der Waals surface area contributed by atoms with E-state index in [0.29, 0.717) is 48.5 Å². The number of piperazine rings is 1. The Bertz CT molecular complexity index is 871. The van der Waals surface area contributed by atoms with Crippen LogP contribution >= 0.6 is 23.2 Å². The van der Waals surface area contributed by atoms with Gasteiger partial charge in [0.15, 0.2) is 0 Å². The first-order valence-electron chi connectivity index (χ1n) is 8.42. The number of benzene rings is 1. The van der Waals surface area contributed by atoms with Crippen LogP contribution < -0.4 is 0 Å². The summed E-state index contributed by atoms with van der Waals surface area (Å²) >= 11 is 12.4. The highest BCUT2D eigenvalue weighted by Crippen LogP contribution is 2.27. The molecular formula is C17H19Cl2N5O3. The second-order valence-corrected chi connectivity index (χ2v) is 7.25. The molecule has 1 aromatic heterocycles. The Morgan fingerprint density at radius 3 is 2.37 bits per heavy atom. The lowest BCUT2D eigenvalue weighted by molar-refractivity contribution is -0.385. The highest BCUT2D eigenvalue weighted by atomic mass is 35.5. The molecular weight excluding hydrogens is 393 g/mol. The van der Waals surface area contributed by atoms with Gasteiger partial charge in [-0.1, -0.05) is 29.3 Å². The van der Waals surface area contributed by atoms with E-state index >= 15 is 0 Å². The molecule has 0 bridgehead atoms. The maximum absolute atomic E-state index is 12.7. The summed E-state index contributed by atoms with van der Waals surface area (Å²) in [6.45, 7) is 4.30. The van der Waals surface area contributed by atoms with Gasteiger partial charge in [0.2, 0.25) is 5.69 Å². The molecule has 1 saturated heterocycles. The number of nitrogens with zero attached hydrogens (tertiary/aromatic N) is 5. The summed E-state index contributed by atoms with van der Waals surface area (Å²) < 4.78 is 1.36. The highest BCUT2D eigenvalue weighted by molar-refractivity contribution is 6.35. The summed E-state index contributed by atoms with van der Waals surface area (Å²) in [5, 5.41) is 16.6. The molecule has 1 aliphatic heterocycles. The first-order chi connectivity index (χ1) is 12.8. The van der Waals surface area contributed by atoms with E-state index in [0.717, 1.165) is 5.56 Å². The molecule has 0 aliphatic carbocycles. The van der Waals surface area contributed by atoms with Gasteiger partial charge in [-0.25, -0.2) is 0 Å². The molecule has 1 aliphatic rings. The zero-order valence-corrected chi connectivity index (χ0v) is 16.5. The minimum atomic E-state index is -0.550. The maximum Gasteiger partial charge on any atom is 0.322 e. The number of hydrogen-bond donors (Lipinski definition) is 0. The van der Waals surface area contributed by atoms with Crippen LogP contribution in [-0.4, -0.2) is 56.6 Å². The van der Waals surface area contributed by atoms with E-state index < -0.39 is 10.8 Å². The number of amides is 1. The predicted octanol–water partition coefficient (Wildman–Crippen LogP) is 2.90. The molecule has 144 valence electrons. The molecule has 0 radical (unpaired) electrons. The fraction of sp³-hybridized carbons (Fsp3) is 0.412. The molecule has 0 saturated carbocycles. The predicted molar refractivity (Wildman–Crippen MR) is 102 cm³/mol. The number of hydrogen-bond acceptors (Lipinski definition) is 5. The van der Waals surface area contributed by atoms with E-state index in [1.807, 2.05) is 0 Å². The van der Waals surface area contributed by atoms with E-state index in [-0.39, 0.29) is 11.4 Å². The first kappa shape index (κ1) is 19.6. The van der Waals surface area contributed by atoms with Gasteiger partial charge >= 0.3 is 5.69 Å². The number of aryl methyl sites for hydroxylation is 1. The molecule has 8 nitrogen and oxygen atoms in total. The minimum absolute atomic E-state index is 0.109. The Morgan fingerprint density at radius 2 is 1.81 bits per heavy atom. The number of nitro groups is 1. The van der Waals surface area contributed by atoms with Crippen molar-refractivity contribution >= 4 is 34.8 Å². The standard InChI is InChI=1S/C17H19Cl2N5O3/c1-11-16(24(26)27)15(20-21(11)2)17(25)23-8-6-22(7-9-23)10-12-13(18)4-3-5-14(12)19/h3-5H,6-10H2,1-2H3. The van der Waals surface area contributed by atoms with Gasteiger partial charge in [0.25, 0.3) is 5.91 Å². The quantitative estimate of drug-likeness (QED) is 0.570. The number of aromatic nitrogens is 2. The van der Waals surface area contributed by atoms with E-state index in [1.165, 1.54) is 4.68 Å². The molecule has 3 rings (SSSR count). The van der Waals surface area contributed by atoms with Crippen molar-refractivity contribution < 1.29 is 9.72 Å². The fourth-order valence-electron chi connectivity index (χ4n) is 3.13. The fourth-order valence-corrected chi connectivity index (χ4v) is 3.64. The lowest BCUT2D eigenvalue weighted by Crippen LogP contribution is -2.48. The van der Waals surface area contributed by atoms with Crippen LogP contribution in [-0.2, 0) is 13.6 Å². The Kier molecular flexibility index (Phi) is 5.69. The Hall–Kier alpha value is -2.16. The highest BCUT2D eigenvalue weighted by Gasteiger charge is 2.33. The molecule has 2 heterocycles. The second kappa shape index (κ2) is 7.84. The summed E-state index contributed by atoms with van der Waals surface area (Å²) in [4.78, 5) is 27.3. The molecule has 10 heteroatoms. The van der Waals surface area contributed by atoms with E-state index in [1.54, 1.807) is 37.1 Å². The van der Waals surface area contributed by atoms with Crippen molar-refractivity contribution in [3.63, 3.8) is 0 Å². The van der Waals surface area contributed by atoms with Gasteiger partial charge in [-0.2, -0.15) is 5.10 Å². The number of halogens is 2. The zero-order chi connectivity index (χ0) is 19.7. The van der Waals surface area contributed by atoms with Crippen molar-refractivity contribution in [3.05, 3.63) is 55.3 Å². The van der Waals surface area contributed by atoms with Gasteiger partial charge in [0.1, 0.15) is 5.69 Å². The third-order valence-electron chi connectivity index (χ3n) is 4.79. The molecule has 0 atom stereocenters. The van der Waals surface area contributed by atoms with Gasteiger partial charge in [-0.3, -0.25) is 24.5 Å². The summed E-state index contributed by atoms with van der Waals surface area (Å²) in [6, 6.07) is 5.39. The molecule has 1 aromatic carbocycles. The van der Waals surface area contributed by atoms with Crippen molar-refractivity contribution in [3.8, 4) is 0 Å². The van der Waals surface area contributed by atoms with E-state index in [9.17, 15) is 14.9 Å². The molecule has 0 N–H and O–H groups in total. The second-order valence-electron chi connectivity index (χ2n) is 6.43. The van der Waals surface area contributed by atoms with Gasteiger partial charge < -0.3 is 4.90 Å².